The zero-order chi connectivity index (χ0) is 13.0. The highest BCUT2D eigenvalue weighted by atomic mass is 32.1. The predicted molar refractivity (Wildman–Crippen MR) is 75.1 cm³/mol. The Kier molecular flexibility index (Phi) is 4.33. The minimum atomic E-state index is -0.246. The van der Waals surface area contributed by atoms with Gasteiger partial charge in [0, 0.05) is 29.2 Å². The Morgan fingerprint density at radius 2 is 2.06 bits per heavy atom. The van der Waals surface area contributed by atoms with E-state index in [1.807, 2.05) is 0 Å². The lowest BCUT2D eigenvalue weighted by Crippen LogP contribution is -2.13. The minimum absolute atomic E-state index is 0.246. The van der Waals surface area contributed by atoms with Crippen LogP contribution in [0.4, 0.5) is 10.1 Å². The molecule has 0 aliphatic heterocycles. The second-order valence-corrected chi connectivity index (χ2v) is 5.18. The van der Waals surface area contributed by atoms with Gasteiger partial charge in [-0.25, -0.2) is 4.39 Å². The van der Waals surface area contributed by atoms with E-state index in [2.05, 4.69) is 23.7 Å². The van der Waals surface area contributed by atoms with Crippen molar-refractivity contribution in [2.75, 3.05) is 5.73 Å². The molecule has 96 valence electrons. The summed E-state index contributed by atoms with van der Waals surface area (Å²) in [7, 11) is 0. The summed E-state index contributed by atoms with van der Waals surface area (Å²) in [5.41, 5.74) is 7.99. The monoisotopic (exact) mass is 264 g/mol. The molecule has 1 aromatic carbocycles. The molecule has 4 heteroatoms. The lowest BCUT2D eigenvalue weighted by Gasteiger charge is -2.07. The van der Waals surface area contributed by atoms with E-state index < -0.39 is 0 Å². The highest BCUT2D eigenvalue weighted by Crippen LogP contribution is 2.17. The first-order valence-corrected chi connectivity index (χ1v) is 6.88. The SMILES string of the molecule is CCc1ccsc1CNCc1ccc(N)cc1F. The van der Waals surface area contributed by atoms with Crippen LogP contribution in [0, 0.1) is 5.82 Å². The Hall–Kier alpha value is -1.39. The van der Waals surface area contributed by atoms with E-state index in [4.69, 9.17) is 5.73 Å². The molecular formula is C14H17FN2S. The van der Waals surface area contributed by atoms with E-state index in [0.717, 1.165) is 13.0 Å². The molecule has 2 rings (SSSR count). The Bertz CT molecular complexity index is 522. The standard InChI is InChI=1S/C14H17FN2S/c1-2-10-5-6-18-14(10)9-17-8-11-3-4-12(16)7-13(11)15/h3-7,17H,2,8-9,16H2,1H3. The number of thiophene rings is 1. The van der Waals surface area contributed by atoms with Crippen LogP contribution in [-0.2, 0) is 19.5 Å². The molecule has 3 N–H and O–H groups in total. The van der Waals surface area contributed by atoms with Crippen LogP contribution in [0.2, 0.25) is 0 Å². The van der Waals surface area contributed by atoms with Gasteiger partial charge in [-0.3, -0.25) is 0 Å². The van der Waals surface area contributed by atoms with Gasteiger partial charge in [0.05, 0.1) is 0 Å². The van der Waals surface area contributed by atoms with Gasteiger partial charge in [-0.05, 0) is 35.6 Å². The molecule has 0 aliphatic rings. The molecule has 0 unspecified atom stereocenters. The summed E-state index contributed by atoms with van der Waals surface area (Å²) in [6.07, 6.45) is 1.04. The summed E-state index contributed by atoms with van der Waals surface area (Å²) in [6, 6.07) is 6.96. The Balaban J connectivity index is 1.92. The van der Waals surface area contributed by atoms with Crippen LogP contribution in [0.15, 0.2) is 29.6 Å². The quantitative estimate of drug-likeness (QED) is 0.813. The highest BCUT2D eigenvalue weighted by Gasteiger charge is 2.04. The predicted octanol–water partition coefficient (Wildman–Crippen LogP) is 3.32. The molecule has 0 aliphatic carbocycles. The van der Waals surface area contributed by atoms with Gasteiger partial charge in [-0.15, -0.1) is 11.3 Å². The number of anilines is 1. The smallest absolute Gasteiger partial charge is 0.129 e. The van der Waals surface area contributed by atoms with Crippen molar-refractivity contribution < 1.29 is 4.39 Å². The molecular weight excluding hydrogens is 247 g/mol. The van der Waals surface area contributed by atoms with E-state index >= 15 is 0 Å². The van der Waals surface area contributed by atoms with Crippen molar-refractivity contribution >= 4 is 17.0 Å². The van der Waals surface area contributed by atoms with Crippen LogP contribution in [0.5, 0.6) is 0 Å². The van der Waals surface area contributed by atoms with Crippen molar-refractivity contribution in [3.05, 3.63) is 51.5 Å². The number of halogens is 1. The van der Waals surface area contributed by atoms with Crippen molar-refractivity contribution in [3.8, 4) is 0 Å². The average Bonchev–Trinajstić information content (AvgIpc) is 2.79. The number of benzene rings is 1. The molecule has 0 saturated heterocycles. The van der Waals surface area contributed by atoms with Crippen LogP contribution in [0.25, 0.3) is 0 Å². The minimum Gasteiger partial charge on any atom is -0.399 e. The summed E-state index contributed by atoms with van der Waals surface area (Å²) >= 11 is 1.74. The van der Waals surface area contributed by atoms with Gasteiger partial charge in [0.25, 0.3) is 0 Å². The van der Waals surface area contributed by atoms with Gasteiger partial charge in [-0.2, -0.15) is 0 Å². The number of nitrogens with two attached hydrogens (primary N) is 1. The molecule has 2 nitrogen and oxygen atoms in total. The Morgan fingerprint density at radius 3 is 2.78 bits per heavy atom. The molecule has 1 heterocycles. The molecule has 0 amide bonds. The van der Waals surface area contributed by atoms with Crippen LogP contribution in [0.3, 0.4) is 0 Å². The molecule has 0 saturated carbocycles. The van der Waals surface area contributed by atoms with E-state index in [1.54, 1.807) is 23.5 Å². The molecule has 0 atom stereocenters. The lowest BCUT2D eigenvalue weighted by atomic mass is 10.2. The van der Waals surface area contributed by atoms with Gasteiger partial charge in [0.1, 0.15) is 5.82 Å². The zero-order valence-electron chi connectivity index (χ0n) is 10.4. The van der Waals surface area contributed by atoms with E-state index in [9.17, 15) is 4.39 Å². The summed E-state index contributed by atoms with van der Waals surface area (Å²) in [5, 5.41) is 5.37. The largest absolute Gasteiger partial charge is 0.399 e. The molecule has 2 aromatic rings. The maximum atomic E-state index is 13.5. The third kappa shape index (κ3) is 3.09. The van der Waals surface area contributed by atoms with Crippen molar-refractivity contribution in [3.63, 3.8) is 0 Å². The van der Waals surface area contributed by atoms with Crippen molar-refractivity contribution in [2.45, 2.75) is 26.4 Å². The van der Waals surface area contributed by atoms with Crippen LogP contribution < -0.4 is 11.1 Å². The lowest BCUT2D eigenvalue weighted by molar-refractivity contribution is 0.589. The van der Waals surface area contributed by atoms with E-state index in [0.29, 0.717) is 17.8 Å². The molecule has 0 radical (unpaired) electrons. The average molecular weight is 264 g/mol. The van der Waals surface area contributed by atoms with Gasteiger partial charge in [-0.1, -0.05) is 13.0 Å². The molecule has 1 aromatic heterocycles. The highest BCUT2D eigenvalue weighted by molar-refractivity contribution is 7.10. The van der Waals surface area contributed by atoms with Gasteiger partial charge in [0.15, 0.2) is 0 Å². The third-order valence-electron chi connectivity index (χ3n) is 2.90. The number of hydrogen-bond acceptors (Lipinski definition) is 3. The Labute approximate surface area is 111 Å². The summed E-state index contributed by atoms with van der Waals surface area (Å²) in [4.78, 5) is 1.33. The topological polar surface area (TPSA) is 38.0 Å². The van der Waals surface area contributed by atoms with Crippen LogP contribution >= 0.6 is 11.3 Å². The number of nitrogen functional groups attached to an aromatic ring is 1. The van der Waals surface area contributed by atoms with Crippen molar-refractivity contribution in [2.24, 2.45) is 0 Å². The molecule has 18 heavy (non-hydrogen) atoms. The van der Waals surface area contributed by atoms with Crippen molar-refractivity contribution in [1.82, 2.24) is 5.32 Å². The van der Waals surface area contributed by atoms with Gasteiger partial charge in [0.2, 0.25) is 0 Å². The summed E-state index contributed by atoms with van der Waals surface area (Å²) in [5.74, 6) is -0.246. The first kappa shape index (κ1) is 13.1. The van der Waals surface area contributed by atoms with Crippen LogP contribution in [0.1, 0.15) is 22.9 Å². The number of nitrogens with one attached hydrogen (secondary N) is 1. The zero-order valence-corrected chi connectivity index (χ0v) is 11.2. The van der Waals surface area contributed by atoms with Gasteiger partial charge >= 0.3 is 0 Å². The third-order valence-corrected chi connectivity index (χ3v) is 3.86. The fourth-order valence-electron chi connectivity index (χ4n) is 1.85. The van der Waals surface area contributed by atoms with Crippen LogP contribution in [-0.4, -0.2) is 0 Å². The second kappa shape index (κ2) is 5.98. The maximum Gasteiger partial charge on any atom is 0.129 e. The molecule has 0 fully saturated rings. The number of aryl methyl sites for hydroxylation is 1. The van der Waals surface area contributed by atoms with Gasteiger partial charge < -0.3 is 11.1 Å². The number of hydrogen-bond donors (Lipinski definition) is 2. The fourth-order valence-corrected chi connectivity index (χ4v) is 2.80. The maximum absolute atomic E-state index is 13.5. The summed E-state index contributed by atoms with van der Waals surface area (Å²) < 4.78 is 13.5. The Morgan fingerprint density at radius 1 is 1.22 bits per heavy atom. The molecule has 0 bridgehead atoms. The fraction of sp³-hybridized carbons (Fsp3) is 0.286. The number of rotatable bonds is 5. The second-order valence-electron chi connectivity index (χ2n) is 4.18. The van der Waals surface area contributed by atoms with Crippen molar-refractivity contribution in [1.29, 1.82) is 0 Å². The first-order chi connectivity index (χ1) is 8.70. The normalized spacial score (nSPS) is 10.8. The first-order valence-electron chi connectivity index (χ1n) is 6.00. The van der Waals surface area contributed by atoms with E-state index in [-0.39, 0.29) is 5.82 Å². The van der Waals surface area contributed by atoms with E-state index in [1.165, 1.54) is 16.5 Å². The molecule has 0 spiro atoms. The summed E-state index contributed by atoms with van der Waals surface area (Å²) in [6.45, 7) is 3.45.